The first-order chi connectivity index (χ1) is 6.77. The minimum Gasteiger partial charge on any atom is -0.494 e. The van der Waals surface area contributed by atoms with Crippen molar-refractivity contribution in [2.75, 3.05) is 6.61 Å². The van der Waals surface area contributed by atoms with Gasteiger partial charge in [-0.2, -0.15) is 0 Å². The third-order valence-corrected chi connectivity index (χ3v) is 2.05. The molecule has 0 aromatic heterocycles. The number of ether oxygens (including phenoxy) is 1. The van der Waals surface area contributed by atoms with Gasteiger partial charge in [0, 0.05) is 6.42 Å². The summed E-state index contributed by atoms with van der Waals surface area (Å²) in [6, 6.07) is 6.22. The third kappa shape index (κ3) is 2.81. The van der Waals surface area contributed by atoms with Crippen LogP contribution in [0.1, 0.15) is 24.5 Å². The van der Waals surface area contributed by atoms with E-state index in [1.54, 1.807) is 0 Å². The minimum atomic E-state index is 0.701. The van der Waals surface area contributed by atoms with Crippen molar-refractivity contribution < 1.29 is 4.74 Å². The Labute approximate surface area is 86.1 Å². The molecule has 0 heterocycles. The van der Waals surface area contributed by atoms with Gasteiger partial charge in [-0.15, -0.1) is 12.3 Å². The van der Waals surface area contributed by atoms with Crippen LogP contribution >= 0.6 is 0 Å². The number of rotatable bonds is 4. The standard InChI is InChI=1S/C13H16O/c1-4-6-7-12-10-11(3)8-9-13(12)14-5-2/h1,8-10H,5-7H2,2-3H3. The number of hydrogen-bond donors (Lipinski definition) is 0. The molecule has 0 aliphatic heterocycles. The molecule has 0 amide bonds. The maximum Gasteiger partial charge on any atom is 0.122 e. The minimum absolute atomic E-state index is 0.701. The summed E-state index contributed by atoms with van der Waals surface area (Å²) < 4.78 is 5.52. The second kappa shape index (κ2) is 5.34. The van der Waals surface area contributed by atoms with Crippen molar-refractivity contribution in [2.24, 2.45) is 0 Å². The Bertz CT molecular complexity index is 334. The van der Waals surface area contributed by atoms with Gasteiger partial charge in [-0.05, 0) is 31.9 Å². The summed E-state index contributed by atoms with van der Waals surface area (Å²) in [5.41, 5.74) is 2.46. The van der Waals surface area contributed by atoms with Crippen LogP contribution in [0, 0.1) is 19.3 Å². The Hall–Kier alpha value is -1.42. The highest BCUT2D eigenvalue weighted by atomic mass is 16.5. The molecular formula is C13H16O. The number of hydrogen-bond acceptors (Lipinski definition) is 1. The molecule has 1 nitrogen and oxygen atoms in total. The second-order valence-electron chi connectivity index (χ2n) is 3.25. The van der Waals surface area contributed by atoms with Crippen LogP contribution in [0.4, 0.5) is 0 Å². The zero-order valence-electron chi connectivity index (χ0n) is 8.84. The van der Waals surface area contributed by atoms with Gasteiger partial charge in [-0.3, -0.25) is 0 Å². The molecule has 0 fully saturated rings. The number of benzene rings is 1. The lowest BCUT2D eigenvalue weighted by atomic mass is 10.1. The van der Waals surface area contributed by atoms with Crippen molar-refractivity contribution >= 4 is 0 Å². The fraction of sp³-hybridized carbons (Fsp3) is 0.385. The van der Waals surface area contributed by atoms with Crippen molar-refractivity contribution in [2.45, 2.75) is 26.7 Å². The highest BCUT2D eigenvalue weighted by Crippen LogP contribution is 2.21. The maximum absolute atomic E-state index is 5.52. The molecule has 0 unspecified atom stereocenters. The van der Waals surface area contributed by atoms with Crippen LogP contribution in [0.25, 0.3) is 0 Å². The van der Waals surface area contributed by atoms with Crippen molar-refractivity contribution in [3.63, 3.8) is 0 Å². The quantitative estimate of drug-likeness (QED) is 0.660. The summed E-state index contributed by atoms with van der Waals surface area (Å²) in [6.07, 6.45) is 6.91. The van der Waals surface area contributed by atoms with E-state index in [-0.39, 0.29) is 0 Å². The van der Waals surface area contributed by atoms with Crippen LogP contribution in [-0.4, -0.2) is 6.61 Å². The van der Waals surface area contributed by atoms with Gasteiger partial charge < -0.3 is 4.74 Å². The van der Waals surface area contributed by atoms with Gasteiger partial charge in [0.1, 0.15) is 5.75 Å². The highest BCUT2D eigenvalue weighted by molar-refractivity contribution is 5.37. The molecule has 0 aliphatic carbocycles. The largest absolute Gasteiger partial charge is 0.494 e. The van der Waals surface area contributed by atoms with E-state index in [1.165, 1.54) is 11.1 Å². The Morgan fingerprint density at radius 3 is 2.86 bits per heavy atom. The van der Waals surface area contributed by atoms with Gasteiger partial charge in [0.05, 0.1) is 6.61 Å². The molecule has 0 atom stereocenters. The Balaban J connectivity index is 2.86. The molecule has 0 N–H and O–H groups in total. The van der Waals surface area contributed by atoms with Crippen LogP contribution in [-0.2, 0) is 6.42 Å². The van der Waals surface area contributed by atoms with E-state index in [9.17, 15) is 0 Å². The Kier molecular flexibility index (Phi) is 4.07. The average Bonchev–Trinajstić information content (AvgIpc) is 2.18. The molecule has 0 saturated carbocycles. The summed E-state index contributed by atoms with van der Waals surface area (Å²) in [5.74, 6) is 3.62. The fourth-order valence-electron chi connectivity index (χ4n) is 1.41. The molecule has 0 aliphatic rings. The highest BCUT2D eigenvalue weighted by Gasteiger charge is 2.02. The first kappa shape index (κ1) is 10.7. The van der Waals surface area contributed by atoms with Gasteiger partial charge >= 0.3 is 0 Å². The Morgan fingerprint density at radius 2 is 2.21 bits per heavy atom. The van der Waals surface area contributed by atoms with Crippen molar-refractivity contribution in [1.82, 2.24) is 0 Å². The summed E-state index contributed by atoms with van der Waals surface area (Å²) in [4.78, 5) is 0. The Morgan fingerprint density at radius 1 is 1.43 bits per heavy atom. The summed E-state index contributed by atoms with van der Waals surface area (Å²) in [7, 11) is 0. The molecule has 1 aromatic rings. The molecule has 1 heteroatoms. The van der Waals surface area contributed by atoms with E-state index in [4.69, 9.17) is 11.2 Å². The molecule has 74 valence electrons. The smallest absolute Gasteiger partial charge is 0.122 e. The maximum atomic E-state index is 5.52. The summed E-state index contributed by atoms with van der Waals surface area (Å²) in [5, 5.41) is 0. The van der Waals surface area contributed by atoms with E-state index < -0.39 is 0 Å². The van der Waals surface area contributed by atoms with Crippen LogP contribution in [0.5, 0.6) is 5.75 Å². The topological polar surface area (TPSA) is 9.23 Å². The van der Waals surface area contributed by atoms with E-state index in [2.05, 4.69) is 25.0 Å². The molecule has 0 saturated heterocycles. The van der Waals surface area contributed by atoms with Crippen molar-refractivity contribution in [3.05, 3.63) is 29.3 Å². The fourth-order valence-corrected chi connectivity index (χ4v) is 1.41. The number of aryl methyl sites for hydroxylation is 2. The predicted molar refractivity (Wildman–Crippen MR) is 59.5 cm³/mol. The van der Waals surface area contributed by atoms with E-state index in [0.29, 0.717) is 6.61 Å². The van der Waals surface area contributed by atoms with Crippen LogP contribution in [0.2, 0.25) is 0 Å². The molecule has 1 aromatic carbocycles. The normalized spacial score (nSPS) is 9.50. The van der Waals surface area contributed by atoms with E-state index >= 15 is 0 Å². The molecule has 0 radical (unpaired) electrons. The molecular weight excluding hydrogens is 172 g/mol. The van der Waals surface area contributed by atoms with Gasteiger partial charge in [-0.25, -0.2) is 0 Å². The lowest BCUT2D eigenvalue weighted by molar-refractivity contribution is 0.336. The molecule has 0 spiro atoms. The van der Waals surface area contributed by atoms with Gasteiger partial charge in [0.15, 0.2) is 0 Å². The van der Waals surface area contributed by atoms with Crippen LogP contribution in [0.3, 0.4) is 0 Å². The van der Waals surface area contributed by atoms with Crippen molar-refractivity contribution in [3.8, 4) is 18.1 Å². The zero-order valence-corrected chi connectivity index (χ0v) is 8.84. The van der Waals surface area contributed by atoms with Gasteiger partial charge in [0.2, 0.25) is 0 Å². The second-order valence-corrected chi connectivity index (χ2v) is 3.25. The number of terminal acetylenes is 1. The lowest BCUT2D eigenvalue weighted by Gasteiger charge is -2.09. The predicted octanol–water partition coefficient (Wildman–Crippen LogP) is 2.96. The monoisotopic (exact) mass is 188 g/mol. The summed E-state index contributed by atoms with van der Waals surface area (Å²) >= 11 is 0. The van der Waals surface area contributed by atoms with Crippen molar-refractivity contribution in [1.29, 1.82) is 0 Å². The van der Waals surface area contributed by atoms with E-state index in [1.807, 2.05) is 13.0 Å². The first-order valence-corrected chi connectivity index (χ1v) is 4.93. The zero-order chi connectivity index (χ0) is 10.4. The molecule has 0 bridgehead atoms. The van der Waals surface area contributed by atoms with E-state index in [0.717, 1.165) is 18.6 Å². The molecule has 1 rings (SSSR count). The van der Waals surface area contributed by atoms with Gasteiger partial charge in [0.25, 0.3) is 0 Å². The SMILES string of the molecule is C#CCCc1cc(C)ccc1OCC. The van der Waals surface area contributed by atoms with Crippen LogP contribution in [0.15, 0.2) is 18.2 Å². The first-order valence-electron chi connectivity index (χ1n) is 4.93. The third-order valence-electron chi connectivity index (χ3n) is 2.05. The lowest BCUT2D eigenvalue weighted by Crippen LogP contribution is -1.97. The summed E-state index contributed by atoms with van der Waals surface area (Å²) in [6.45, 7) is 4.77. The average molecular weight is 188 g/mol. The van der Waals surface area contributed by atoms with Crippen LogP contribution < -0.4 is 4.74 Å². The molecule has 14 heavy (non-hydrogen) atoms. The van der Waals surface area contributed by atoms with Gasteiger partial charge in [-0.1, -0.05) is 17.7 Å².